The number of hydrogen-bond donors (Lipinski definition) is 1. The molecule has 0 radical (unpaired) electrons. The average molecular weight is 599 g/mol. The van der Waals surface area contributed by atoms with Crippen molar-refractivity contribution in [1.29, 1.82) is 0 Å². The van der Waals surface area contributed by atoms with Gasteiger partial charge in [-0.15, -0.1) is 0 Å². The summed E-state index contributed by atoms with van der Waals surface area (Å²) in [6, 6.07) is 15.8. The lowest BCUT2D eigenvalue weighted by Gasteiger charge is -2.31. The Labute approximate surface area is 237 Å². The van der Waals surface area contributed by atoms with Crippen molar-refractivity contribution in [3.63, 3.8) is 0 Å². The molecule has 0 bridgehead atoms. The number of rotatable bonds is 10. The second-order valence-electron chi connectivity index (χ2n) is 8.22. The smallest absolute Gasteiger partial charge is 0.264 e. The Morgan fingerprint density at radius 1 is 0.947 bits per heavy atom. The molecule has 0 aromatic heterocycles. The highest BCUT2D eigenvalue weighted by Gasteiger charge is 2.32. The first-order valence-corrected chi connectivity index (χ1v) is 13.9. The van der Waals surface area contributed by atoms with Gasteiger partial charge >= 0.3 is 0 Å². The Balaban J connectivity index is 2.03. The van der Waals surface area contributed by atoms with Crippen LogP contribution in [0.3, 0.4) is 0 Å². The third-order valence-electron chi connectivity index (χ3n) is 5.79. The van der Waals surface area contributed by atoms with Gasteiger partial charge in [-0.2, -0.15) is 0 Å². The molecule has 2 amide bonds. The second kappa shape index (κ2) is 12.7. The van der Waals surface area contributed by atoms with Crippen LogP contribution < -0.4 is 14.4 Å². The van der Waals surface area contributed by atoms with Gasteiger partial charge in [0.1, 0.15) is 18.3 Å². The number of halogens is 3. The zero-order valence-electron chi connectivity index (χ0n) is 20.8. The predicted molar refractivity (Wildman–Crippen MR) is 150 cm³/mol. The molecule has 0 aliphatic carbocycles. The molecule has 38 heavy (non-hydrogen) atoms. The van der Waals surface area contributed by atoms with Gasteiger partial charge in [0.2, 0.25) is 11.8 Å². The Morgan fingerprint density at radius 2 is 1.58 bits per heavy atom. The molecule has 0 unspecified atom stereocenters. The van der Waals surface area contributed by atoms with Gasteiger partial charge in [0, 0.05) is 18.6 Å². The number of likely N-dealkylation sites (N-methyl/N-ethyl adjacent to an activating group) is 1. The van der Waals surface area contributed by atoms with Crippen LogP contribution in [-0.4, -0.2) is 51.9 Å². The summed E-state index contributed by atoms with van der Waals surface area (Å²) in [5, 5.41) is 3.55. The van der Waals surface area contributed by atoms with Crippen LogP contribution in [0.25, 0.3) is 0 Å². The Hall–Kier alpha value is -2.98. The zero-order valence-corrected chi connectivity index (χ0v) is 23.9. The highest BCUT2D eigenvalue weighted by molar-refractivity contribution is 7.92. The zero-order chi connectivity index (χ0) is 28.0. The summed E-state index contributed by atoms with van der Waals surface area (Å²) < 4.78 is 33.6. The van der Waals surface area contributed by atoms with Crippen molar-refractivity contribution in [2.45, 2.75) is 24.4 Å². The molecule has 12 heteroatoms. The van der Waals surface area contributed by atoms with Crippen molar-refractivity contribution >= 4 is 62.3 Å². The van der Waals surface area contributed by atoms with E-state index in [-0.39, 0.29) is 22.2 Å². The summed E-state index contributed by atoms with van der Waals surface area (Å²) in [5.41, 5.74) is 0.834. The van der Waals surface area contributed by atoms with E-state index in [0.29, 0.717) is 21.4 Å². The van der Waals surface area contributed by atoms with Gasteiger partial charge in [0.05, 0.1) is 27.7 Å². The number of nitrogens with one attached hydrogen (secondary N) is 1. The van der Waals surface area contributed by atoms with E-state index in [0.717, 1.165) is 4.31 Å². The second-order valence-corrected chi connectivity index (χ2v) is 11.3. The number of ether oxygens (including phenoxy) is 1. The quantitative estimate of drug-likeness (QED) is 0.354. The van der Waals surface area contributed by atoms with Crippen LogP contribution >= 0.6 is 34.8 Å². The molecule has 202 valence electrons. The van der Waals surface area contributed by atoms with Crippen molar-refractivity contribution in [2.24, 2.45) is 0 Å². The molecule has 0 saturated heterocycles. The van der Waals surface area contributed by atoms with Gasteiger partial charge in [-0.25, -0.2) is 8.42 Å². The van der Waals surface area contributed by atoms with Crippen LogP contribution in [0.4, 0.5) is 5.69 Å². The number of hydrogen-bond acceptors (Lipinski definition) is 5. The number of nitrogens with zero attached hydrogens (tertiary/aromatic N) is 2. The number of amides is 2. The number of carbonyl (C=O) groups is 2. The number of benzene rings is 3. The van der Waals surface area contributed by atoms with Crippen molar-refractivity contribution in [3.05, 3.63) is 87.4 Å². The summed E-state index contributed by atoms with van der Waals surface area (Å²) in [4.78, 5) is 27.5. The van der Waals surface area contributed by atoms with E-state index in [1.54, 1.807) is 25.1 Å². The van der Waals surface area contributed by atoms with Gasteiger partial charge in [0.25, 0.3) is 10.0 Å². The average Bonchev–Trinajstić information content (AvgIpc) is 2.91. The van der Waals surface area contributed by atoms with Crippen LogP contribution in [0.15, 0.2) is 71.6 Å². The van der Waals surface area contributed by atoms with E-state index >= 15 is 0 Å². The Bertz CT molecular complexity index is 1400. The van der Waals surface area contributed by atoms with Gasteiger partial charge in [0.15, 0.2) is 0 Å². The molecular weight excluding hydrogens is 573 g/mol. The summed E-state index contributed by atoms with van der Waals surface area (Å²) in [6.07, 6.45) is 0. The maximum atomic E-state index is 13.7. The molecule has 0 fully saturated rings. The van der Waals surface area contributed by atoms with Crippen molar-refractivity contribution < 1.29 is 22.7 Å². The van der Waals surface area contributed by atoms with E-state index in [1.165, 1.54) is 67.6 Å². The number of methoxy groups -OCH3 is 1. The van der Waals surface area contributed by atoms with Gasteiger partial charge in [-0.1, -0.05) is 40.9 Å². The molecule has 8 nitrogen and oxygen atoms in total. The van der Waals surface area contributed by atoms with Gasteiger partial charge in [-0.05, 0) is 73.2 Å². The van der Waals surface area contributed by atoms with Crippen LogP contribution in [0.1, 0.15) is 12.5 Å². The lowest BCUT2D eigenvalue weighted by Crippen LogP contribution is -2.50. The molecule has 3 rings (SSSR count). The summed E-state index contributed by atoms with van der Waals surface area (Å²) in [5.74, 6) is -0.557. The summed E-state index contributed by atoms with van der Waals surface area (Å²) in [7, 11) is -1.29. The summed E-state index contributed by atoms with van der Waals surface area (Å²) in [6.45, 7) is 0.957. The van der Waals surface area contributed by atoms with E-state index in [4.69, 9.17) is 39.5 Å². The molecule has 3 aromatic rings. The number of carbonyl (C=O) groups excluding carboxylic acids is 2. The number of anilines is 1. The largest absolute Gasteiger partial charge is 0.497 e. The minimum atomic E-state index is -4.21. The Kier molecular flexibility index (Phi) is 9.89. The van der Waals surface area contributed by atoms with E-state index in [9.17, 15) is 18.0 Å². The first-order valence-electron chi connectivity index (χ1n) is 11.3. The fourth-order valence-electron chi connectivity index (χ4n) is 3.64. The molecule has 0 spiro atoms. The van der Waals surface area contributed by atoms with Gasteiger partial charge < -0.3 is 15.0 Å². The minimum Gasteiger partial charge on any atom is -0.497 e. The van der Waals surface area contributed by atoms with E-state index < -0.39 is 34.4 Å². The lowest BCUT2D eigenvalue weighted by atomic mass is 10.1. The molecule has 1 atom stereocenters. The predicted octanol–water partition coefficient (Wildman–Crippen LogP) is 5.01. The van der Waals surface area contributed by atoms with E-state index in [1.807, 2.05) is 0 Å². The highest BCUT2D eigenvalue weighted by Crippen LogP contribution is 2.28. The van der Waals surface area contributed by atoms with Gasteiger partial charge in [-0.3, -0.25) is 13.9 Å². The topological polar surface area (TPSA) is 96.0 Å². The summed E-state index contributed by atoms with van der Waals surface area (Å²) >= 11 is 18.2. The first kappa shape index (κ1) is 29.6. The third kappa shape index (κ3) is 6.91. The van der Waals surface area contributed by atoms with Crippen LogP contribution in [-0.2, 0) is 26.2 Å². The fourth-order valence-corrected chi connectivity index (χ4v) is 5.50. The maximum Gasteiger partial charge on any atom is 0.264 e. The minimum absolute atomic E-state index is 0.0125. The highest BCUT2D eigenvalue weighted by atomic mass is 35.5. The fraction of sp³-hybridized carbons (Fsp3) is 0.231. The standard InChI is InChI=1S/C26H26Cl3N3O5S/c1-17(26(34)30-2)31(15-18-4-13-23(28)24(29)14-18)25(33)16-32(20-7-5-19(27)6-8-20)38(35,36)22-11-9-21(37-3)10-12-22/h4-14,17H,15-16H2,1-3H3,(H,30,34)/t17-/m0/s1. The third-order valence-corrected chi connectivity index (χ3v) is 8.57. The van der Waals surface area contributed by atoms with Crippen LogP contribution in [0, 0.1) is 0 Å². The van der Waals surface area contributed by atoms with Crippen LogP contribution in [0.5, 0.6) is 5.75 Å². The molecule has 1 N–H and O–H groups in total. The lowest BCUT2D eigenvalue weighted by molar-refractivity contribution is -0.139. The monoisotopic (exact) mass is 597 g/mol. The van der Waals surface area contributed by atoms with Crippen molar-refractivity contribution in [1.82, 2.24) is 10.2 Å². The molecule has 3 aromatic carbocycles. The molecule has 0 saturated carbocycles. The van der Waals surface area contributed by atoms with Crippen molar-refractivity contribution in [2.75, 3.05) is 25.0 Å². The molecule has 0 heterocycles. The van der Waals surface area contributed by atoms with E-state index in [2.05, 4.69) is 5.32 Å². The SMILES string of the molecule is CNC(=O)[C@H](C)N(Cc1ccc(Cl)c(Cl)c1)C(=O)CN(c1ccc(Cl)cc1)S(=O)(=O)c1ccc(OC)cc1. The molecular formula is C26H26Cl3N3O5S. The maximum absolute atomic E-state index is 13.7. The van der Waals surface area contributed by atoms with Crippen molar-refractivity contribution in [3.8, 4) is 5.75 Å². The normalized spacial score (nSPS) is 11.9. The first-order chi connectivity index (χ1) is 18.0. The van der Waals surface area contributed by atoms with Crippen LogP contribution in [0.2, 0.25) is 15.1 Å². The molecule has 0 aliphatic rings. The number of sulfonamides is 1. The molecule has 0 aliphatic heterocycles. The Morgan fingerprint density at radius 3 is 2.13 bits per heavy atom.